The predicted octanol–water partition coefficient (Wildman–Crippen LogP) is 7.19. The topological polar surface area (TPSA) is 27.1 Å². The van der Waals surface area contributed by atoms with Crippen LogP contribution in [-0.2, 0) is 11.5 Å². The summed E-state index contributed by atoms with van der Waals surface area (Å²) in [5.74, 6) is 0. The van der Waals surface area contributed by atoms with E-state index in [-0.39, 0.29) is 0 Å². The number of ether oxygens (including phenoxy) is 1. The summed E-state index contributed by atoms with van der Waals surface area (Å²) >= 11 is 0. The second-order valence-corrected chi connectivity index (χ2v) is 14.7. The van der Waals surface area contributed by atoms with Gasteiger partial charge in [0.1, 0.15) is 6.73 Å². The zero-order chi connectivity index (χ0) is 21.7. The van der Waals surface area contributed by atoms with Crippen molar-refractivity contribution >= 4 is 31.1 Å². The predicted molar refractivity (Wildman–Crippen MR) is 135 cm³/mol. The molecule has 1 aromatic heterocycles. The molecule has 0 N–H and O–H groups in total. The van der Waals surface area contributed by atoms with E-state index in [1.54, 1.807) is 0 Å². The van der Waals surface area contributed by atoms with E-state index < -0.39 is 8.07 Å². The third-order valence-corrected chi connectivity index (χ3v) is 7.03. The minimum Gasteiger partial charge on any atom is -0.360 e. The molecular formula is C27H30N2OSi. The van der Waals surface area contributed by atoms with E-state index in [2.05, 4.69) is 98.5 Å². The van der Waals surface area contributed by atoms with Crippen LogP contribution in [0.3, 0.4) is 0 Å². The van der Waals surface area contributed by atoms with Crippen LogP contribution in [0.25, 0.3) is 34.2 Å². The van der Waals surface area contributed by atoms with Gasteiger partial charge in [0.25, 0.3) is 0 Å². The molecule has 3 aromatic carbocycles. The van der Waals surface area contributed by atoms with Crippen LogP contribution >= 0.6 is 0 Å². The van der Waals surface area contributed by atoms with E-state index in [0.29, 0.717) is 6.73 Å². The third kappa shape index (κ3) is 5.60. The van der Waals surface area contributed by atoms with Gasteiger partial charge in [-0.05, 0) is 40.9 Å². The molecule has 0 aliphatic carbocycles. The zero-order valence-corrected chi connectivity index (χ0v) is 19.6. The lowest BCUT2D eigenvalue weighted by molar-refractivity contribution is 0.0816. The lowest BCUT2D eigenvalue weighted by Crippen LogP contribution is -2.22. The molecule has 0 aliphatic heterocycles. The lowest BCUT2D eigenvalue weighted by Gasteiger charge is -2.15. The fraction of sp³-hybridized carbons (Fsp3) is 0.222. The molecule has 0 amide bonds. The number of aromatic nitrogens is 2. The van der Waals surface area contributed by atoms with Crippen molar-refractivity contribution in [3.05, 3.63) is 90.1 Å². The fourth-order valence-corrected chi connectivity index (χ4v) is 4.26. The number of fused-ring (bicyclic) bond motifs is 1. The largest absolute Gasteiger partial charge is 0.360 e. The van der Waals surface area contributed by atoms with Gasteiger partial charge in [-0.3, -0.25) is 0 Å². The van der Waals surface area contributed by atoms with Crippen molar-refractivity contribution in [2.45, 2.75) is 32.4 Å². The van der Waals surface area contributed by atoms with Crippen molar-refractivity contribution in [1.29, 1.82) is 0 Å². The Hall–Kier alpha value is -2.95. The summed E-state index contributed by atoms with van der Waals surface area (Å²) in [6.45, 7) is 8.37. The Morgan fingerprint density at radius 2 is 1.55 bits per heavy atom. The summed E-state index contributed by atoms with van der Waals surface area (Å²) in [6.07, 6.45) is 4.21. The molecule has 4 rings (SSSR count). The number of benzene rings is 3. The van der Waals surface area contributed by atoms with Gasteiger partial charge in [-0.2, -0.15) is 5.10 Å². The Labute approximate surface area is 186 Å². The van der Waals surface area contributed by atoms with Crippen LogP contribution in [0.15, 0.2) is 78.9 Å². The highest BCUT2D eigenvalue weighted by atomic mass is 28.3. The van der Waals surface area contributed by atoms with Gasteiger partial charge >= 0.3 is 0 Å². The highest BCUT2D eigenvalue weighted by molar-refractivity contribution is 6.76. The van der Waals surface area contributed by atoms with Gasteiger partial charge in [0.2, 0.25) is 0 Å². The van der Waals surface area contributed by atoms with Gasteiger partial charge in [-0.15, -0.1) is 0 Å². The Kier molecular flexibility index (Phi) is 6.49. The van der Waals surface area contributed by atoms with E-state index in [0.717, 1.165) is 34.8 Å². The van der Waals surface area contributed by atoms with Gasteiger partial charge in [0.15, 0.2) is 0 Å². The molecule has 0 radical (unpaired) electrons. The molecule has 0 saturated carbocycles. The SMILES string of the molecule is C[Si](C)(C)CCOCn1nc(/C=C/c2ccccc2)c2ccc(-c3ccccc3)cc21. The van der Waals surface area contributed by atoms with Gasteiger partial charge in [-0.1, -0.05) is 92.4 Å². The summed E-state index contributed by atoms with van der Waals surface area (Å²) < 4.78 is 8.03. The molecule has 31 heavy (non-hydrogen) atoms. The first-order valence-electron chi connectivity index (χ1n) is 10.9. The van der Waals surface area contributed by atoms with E-state index >= 15 is 0 Å². The molecule has 0 fully saturated rings. The molecule has 0 unspecified atom stereocenters. The standard InChI is InChI=1S/C27H30N2OSi/c1-31(2,3)19-18-30-21-29-27-20-24(23-12-8-5-9-13-23)15-16-25(27)26(28-29)17-14-22-10-6-4-7-11-22/h4-17,20H,18-19,21H2,1-3H3/b17-14+. The average molecular weight is 427 g/mol. The second-order valence-electron chi connectivity index (χ2n) is 9.07. The van der Waals surface area contributed by atoms with Crippen LogP contribution in [-0.4, -0.2) is 24.5 Å². The first-order chi connectivity index (χ1) is 15.0. The first-order valence-corrected chi connectivity index (χ1v) is 14.6. The molecule has 4 heteroatoms. The van der Waals surface area contributed by atoms with Crippen LogP contribution in [0.2, 0.25) is 25.7 Å². The molecular weight excluding hydrogens is 396 g/mol. The van der Waals surface area contributed by atoms with E-state index in [9.17, 15) is 0 Å². The van der Waals surface area contributed by atoms with Crippen LogP contribution in [0, 0.1) is 0 Å². The normalized spacial score (nSPS) is 12.1. The molecule has 0 saturated heterocycles. The van der Waals surface area contributed by atoms with Crippen molar-refractivity contribution in [2.75, 3.05) is 6.61 Å². The maximum absolute atomic E-state index is 6.04. The summed E-state index contributed by atoms with van der Waals surface area (Å²) in [6, 6.07) is 28.5. The zero-order valence-electron chi connectivity index (χ0n) is 18.6. The number of hydrogen-bond acceptors (Lipinski definition) is 2. The van der Waals surface area contributed by atoms with Crippen molar-refractivity contribution in [1.82, 2.24) is 9.78 Å². The van der Waals surface area contributed by atoms with Gasteiger partial charge in [0, 0.05) is 20.1 Å². The first kappa shape index (κ1) is 21.3. The van der Waals surface area contributed by atoms with Gasteiger partial charge in [-0.25, -0.2) is 4.68 Å². The molecule has 4 aromatic rings. The Morgan fingerprint density at radius 1 is 0.839 bits per heavy atom. The van der Waals surface area contributed by atoms with Crippen molar-refractivity contribution < 1.29 is 4.74 Å². The maximum atomic E-state index is 6.04. The van der Waals surface area contributed by atoms with Crippen molar-refractivity contribution in [3.8, 4) is 11.1 Å². The van der Waals surface area contributed by atoms with E-state index in [4.69, 9.17) is 9.84 Å². The van der Waals surface area contributed by atoms with Crippen molar-refractivity contribution in [2.24, 2.45) is 0 Å². The third-order valence-electron chi connectivity index (χ3n) is 5.33. The van der Waals surface area contributed by atoms with E-state index in [1.807, 2.05) is 16.8 Å². The maximum Gasteiger partial charge on any atom is 0.140 e. The molecule has 3 nitrogen and oxygen atoms in total. The van der Waals surface area contributed by atoms with E-state index in [1.165, 1.54) is 11.1 Å². The highest BCUT2D eigenvalue weighted by Crippen LogP contribution is 2.27. The number of rotatable bonds is 8. The molecule has 158 valence electrons. The van der Waals surface area contributed by atoms with Crippen LogP contribution in [0.4, 0.5) is 0 Å². The molecule has 0 aliphatic rings. The number of hydrogen-bond donors (Lipinski definition) is 0. The molecule has 0 atom stereocenters. The average Bonchev–Trinajstić information content (AvgIpc) is 3.13. The highest BCUT2D eigenvalue weighted by Gasteiger charge is 2.14. The molecule has 1 heterocycles. The molecule has 0 bridgehead atoms. The summed E-state index contributed by atoms with van der Waals surface area (Å²) in [5.41, 5.74) is 5.62. The lowest BCUT2D eigenvalue weighted by atomic mass is 10.0. The fourth-order valence-electron chi connectivity index (χ4n) is 3.50. The monoisotopic (exact) mass is 426 g/mol. The number of nitrogens with zero attached hydrogens (tertiary/aromatic N) is 2. The summed E-state index contributed by atoms with van der Waals surface area (Å²) in [4.78, 5) is 0. The Bertz CT molecular complexity index is 1160. The van der Waals surface area contributed by atoms with Crippen LogP contribution < -0.4 is 0 Å². The van der Waals surface area contributed by atoms with Gasteiger partial charge in [0.05, 0.1) is 11.2 Å². The van der Waals surface area contributed by atoms with Crippen LogP contribution in [0.1, 0.15) is 11.3 Å². The Morgan fingerprint density at radius 3 is 2.26 bits per heavy atom. The summed E-state index contributed by atoms with van der Waals surface area (Å²) in [7, 11) is -1.11. The second kappa shape index (κ2) is 9.46. The smallest absolute Gasteiger partial charge is 0.140 e. The minimum atomic E-state index is -1.11. The van der Waals surface area contributed by atoms with Gasteiger partial charge < -0.3 is 4.74 Å². The van der Waals surface area contributed by atoms with Crippen molar-refractivity contribution in [3.63, 3.8) is 0 Å². The van der Waals surface area contributed by atoms with Crippen LogP contribution in [0.5, 0.6) is 0 Å². The Balaban J connectivity index is 1.66. The quantitative estimate of drug-likeness (QED) is 0.220. The minimum absolute atomic E-state index is 0.471. The summed E-state index contributed by atoms with van der Waals surface area (Å²) in [5, 5.41) is 6.03. The molecule has 0 spiro atoms.